The first-order chi connectivity index (χ1) is 11.6. The highest BCUT2D eigenvalue weighted by atomic mass is 16.5. The highest BCUT2D eigenvalue weighted by Gasteiger charge is 2.53. The van der Waals surface area contributed by atoms with E-state index in [0.29, 0.717) is 25.3 Å². The average molecular weight is 330 g/mol. The third-order valence-corrected chi connectivity index (χ3v) is 5.46. The maximum absolute atomic E-state index is 12.2. The molecule has 128 valence electrons. The number of hydrogen-bond acceptors (Lipinski definition) is 4. The first-order valence-electron chi connectivity index (χ1n) is 8.30. The molecule has 2 aliphatic heterocycles. The number of benzene rings is 1. The fourth-order valence-corrected chi connectivity index (χ4v) is 4.27. The molecule has 0 bridgehead atoms. The Morgan fingerprint density at radius 1 is 1.50 bits per heavy atom. The summed E-state index contributed by atoms with van der Waals surface area (Å²) in [6.07, 6.45) is 4.62. The van der Waals surface area contributed by atoms with Gasteiger partial charge in [0.2, 0.25) is 0 Å². The number of nitrogens with zero attached hydrogens (tertiary/aromatic N) is 1. The van der Waals surface area contributed by atoms with Gasteiger partial charge in [-0.2, -0.15) is 0 Å². The van der Waals surface area contributed by atoms with Crippen LogP contribution in [0.25, 0.3) is 0 Å². The topological polar surface area (TPSA) is 71.0 Å². The van der Waals surface area contributed by atoms with Gasteiger partial charge in [0.25, 0.3) is 0 Å². The number of hydrogen-bond donors (Lipinski definition) is 2. The summed E-state index contributed by atoms with van der Waals surface area (Å²) in [6, 6.07) is 3.84. The van der Waals surface area contributed by atoms with E-state index in [1.54, 1.807) is 14.2 Å². The third-order valence-electron chi connectivity index (χ3n) is 5.46. The van der Waals surface area contributed by atoms with Crippen LogP contribution in [0.5, 0.6) is 11.5 Å². The van der Waals surface area contributed by atoms with Crippen molar-refractivity contribution >= 4 is 6.03 Å². The van der Waals surface area contributed by atoms with Crippen LogP contribution in [0.1, 0.15) is 24.0 Å². The Bertz CT molecular complexity index is 717. The zero-order valence-electron chi connectivity index (χ0n) is 13.9. The van der Waals surface area contributed by atoms with Gasteiger partial charge in [-0.15, -0.1) is 0 Å². The molecule has 1 spiro atoms. The van der Waals surface area contributed by atoms with E-state index >= 15 is 0 Å². The summed E-state index contributed by atoms with van der Waals surface area (Å²) in [6.45, 7) is 1.18. The summed E-state index contributed by atoms with van der Waals surface area (Å²) in [4.78, 5) is 14.0. The summed E-state index contributed by atoms with van der Waals surface area (Å²) in [7, 11) is 3.28. The molecular weight excluding hydrogens is 308 g/mol. The summed E-state index contributed by atoms with van der Waals surface area (Å²) < 4.78 is 11.7. The van der Waals surface area contributed by atoms with E-state index in [2.05, 4.69) is 11.4 Å². The first-order valence-corrected chi connectivity index (χ1v) is 8.30. The van der Waals surface area contributed by atoms with E-state index in [9.17, 15) is 9.90 Å². The molecule has 4 rings (SSSR count). The second-order valence-corrected chi connectivity index (χ2v) is 6.67. The van der Waals surface area contributed by atoms with Crippen LogP contribution in [0.4, 0.5) is 4.79 Å². The SMILES string of the molecule is CNC(=O)N1CCC23C=C[C@H](O)CC2Oc2c(OC)ccc(c23)C1. The fraction of sp³-hybridized carbons (Fsp3) is 0.500. The van der Waals surface area contributed by atoms with E-state index in [-0.39, 0.29) is 17.6 Å². The number of carbonyl (C=O) groups is 1. The van der Waals surface area contributed by atoms with Crippen LogP contribution in [0, 0.1) is 0 Å². The Morgan fingerprint density at radius 2 is 2.33 bits per heavy atom. The minimum atomic E-state index is -0.498. The van der Waals surface area contributed by atoms with E-state index in [1.165, 1.54) is 0 Å². The van der Waals surface area contributed by atoms with Crippen molar-refractivity contribution in [2.24, 2.45) is 0 Å². The van der Waals surface area contributed by atoms with Crippen molar-refractivity contribution in [3.8, 4) is 11.5 Å². The molecule has 2 N–H and O–H groups in total. The smallest absolute Gasteiger partial charge is 0.317 e. The van der Waals surface area contributed by atoms with Crippen LogP contribution >= 0.6 is 0 Å². The van der Waals surface area contributed by atoms with Crippen LogP contribution in [-0.2, 0) is 12.0 Å². The molecule has 6 heteroatoms. The fourth-order valence-electron chi connectivity index (χ4n) is 4.27. The average Bonchev–Trinajstić information content (AvgIpc) is 2.82. The van der Waals surface area contributed by atoms with E-state index in [1.807, 2.05) is 23.1 Å². The summed E-state index contributed by atoms with van der Waals surface area (Å²) in [5, 5.41) is 12.7. The minimum absolute atomic E-state index is 0.0757. The Balaban J connectivity index is 1.88. The highest BCUT2D eigenvalue weighted by Crippen LogP contribution is 2.55. The molecule has 3 aliphatic rings. The molecule has 6 nitrogen and oxygen atoms in total. The number of aliphatic hydroxyl groups is 1. The van der Waals surface area contributed by atoms with E-state index in [0.717, 1.165) is 23.3 Å². The molecule has 0 saturated heterocycles. The number of ether oxygens (including phenoxy) is 2. The second-order valence-electron chi connectivity index (χ2n) is 6.67. The van der Waals surface area contributed by atoms with Gasteiger partial charge in [0.1, 0.15) is 6.10 Å². The molecule has 3 atom stereocenters. The Morgan fingerprint density at radius 3 is 3.08 bits per heavy atom. The largest absolute Gasteiger partial charge is 0.493 e. The van der Waals surface area contributed by atoms with Crippen molar-refractivity contribution in [2.75, 3.05) is 20.7 Å². The second kappa shape index (κ2) is 5.41. The van der Waals surface area contributed by atoms with Gasteiger partial charge in [0.15, 0.2) is 11.5 Å². The van der Waals surface area contributed by atoms with Gasteiger partial charge in [-0.25, -0.2) is 4.79 Å². The van der Waals surface area contributed by atoms with Gasteiger partial charge in [-0.1, -0.05) is 18.2 Å². The van der Waals surface area contributed by atoms with Crippen molar-refractivity contribution in [1.82, 2.24) is 10.2 Å². The standard InChI is InChI=1S/C18H22N2O4/c1-19-17(22)20-8-7-18-6-5-12(21)9-14(18)24-16-13(23-2)4-3-11(10-20)15(16)18/h3-6,12,14,21H,7-10H2,1-2H3,(H,19,22)/t12-,14?,18?/m0/s1. The lowest BCUT2D eigenvalue weighted by atomic mass is 9.69. The normalized spacial score (nSPS) is 30.0. The first kappa shape index (κ1) is 15.3. The molecule has 0 fully saturated rings. The molecule has 1 aliphatic carbocycles. The number of aliphatic hydroxyl groups excluding tert-OH is 1. The molecule has 0 radical (unpaired) electrons. The van der Waals surface area contributed by atoms with Crippen LogP contribution in [-0.4, -0.2) is 48.9 Å². The predicted molar refractivity (Wildman–Crippen MR) is 88.3 cm³/mol. The maximum atomic E-state index is 12.2. The van der Waals surface area contributed by atoms with Crippen molar-refractivity contribution in [3.05, 3.63) is 35.4 Å². The number of nitrogens with one attached hydrogen (secondary N) is 1. The van der Waals surface area contributed by atoms with Gasteiger partial charge in [0.05, 0.1) is 18.6 Å². The zero-order valence-corrected chi connectivity index (χ0v) is 13.9. The van der Waals surface area contributed by atoms with Crippen LogP contribution in [0.3, 0.4) is 0 Å². The number of amides is 2. The molecule has 2 amide bonds. The lowest BCUT2D eigenvalue weighted by molar-refractivity contribution is 0.0821. The van der Waals surface area contributed by atoms with Crippen LogP contribution < -0.4 is 14.8 Å². The Labute approximate surface area is 141 Å². The molecule has 1 aromatic rings. The van der Waals surface area contributed by atoms with Crippen LogP contribution in [0.2, 0.25) is 0 Å². The molecule has 2 unspecified atom stereocenters. The molecular formula is C18H22N2O4. The Hall–Kier alpha value is -2.21. The number of carbonyl (C=O) groups excluding carboxylic acids is 1. The molecule has 0 saturated carbocycles. The van der Waals surface area contributed by atoms with Crippen molar-refractivity contribution in [3.63, 3.8) is 0 Å². The predicted octanol–water partition coefficient (Wildman–Crippen LogP) is 1.56. The highest BCUT2D eigenvalue weighted by molar-refractivity contribution is 5.74. The summed E-state index contributed by atoms with van der Waals surface area (Å²) in [5.74, 6) is 1.47. The van der Waals surface area contributed by atoms with Gasteiger partial charge < -0.3 is 24.8 Å². The zero-order chi connectivity index (χ0) is 16.9. The van der Waals surface area contributed by atoms with Gasteiger partial charge in [-0.05, 0) is 18.1 Å². The third kappa shape index (κ3) is 2.02. The van der Waals surface area contributed by atoms with Gasteiger partial charge >= 0.3 is 6.03 Å². The summed E-state index contributed by atoms with van der Waals surface area (Å²) in [5.41, 5.74) is 1.89. The quantitative estimate of drug-likeness (QED) is 0.767. The van der Waals surface area contributed by atoms with Crippen molar-refractivity contribution < 1.29 is 19.4 Å². The minimum Gasteiger partial charge on any atom is -0.493 e. The molecule has 24 heavy (non-hydrogen) atoms. The number of urea groups is 1. The van der Waals surface area contributed by atoms with Crippen molar-refractivity contribution in [2.45, 2.75) is 37.0 Å². The number of methoxy groups -OCH3 is 1. The van der Waals surface area contributed by atoms with Gasteiger partial charge in [-0.3, -0.25) is 0 Å². The monoisotopic (exact) mass is 330 g/mol. The molecule has 2 heterocycles. The van der Waals surface area contributed by atoms with Crippen molar-refractivity contribution in [1.29, 1.82) is 0 Å². The van der Waals surface area contributed by atoms with Gasteiger partial charge in [0, 0.05) is 32.1 Å². The number of rotatable bonds is 1. The lowest BCUT2D eigenvalue weighted by Crippen LogP contribution is -2.44. The van der Waals surface area contributed by atoms with Crippen LogP contribution in [0.15, 0.2) is 24.3 Å². The summed E-state index contributed by atoms with van der Waals surface area (Å²) >= 11 is 0. The van der Waals surface area contributed by atoms with E-state index < -0.39 is 6.10 Å². The Kier molecular flexibility index (Phi) is 3.46. The maximum Gasteiger partial charge on any atom is 0.317 e. The molecule has 1 aromatic carbocycles. The lowest BCUT2D eigenvalue weighted by Gasteiger charge is -2.35. The molecule has 0 aromatic heterocycles. The van der Waals surface area contributed by atoms with E-state index in [4.69, 9.17) is 9.47 Å².